The summed E-state index contributed by atoms with van der Waals surface area (Å²) in [5.41, 5.74) is 7.31. The summed E-state index contributed by atoms with van der Waals surface area (Å²) in [4.78, 5) is 23.7. The highest BCUT2D eigenvalue weighted by molar-refractivity contribution is 9.10. The normalized spacial score (nSPS) is 10.2. The van der Waals surface area contributed by atoms with Crippen LogP contribution < -0.4 is 10.9 Å². The number of carbonyl (C=O) groups excluding carboxylic acids is 2. The SMILES string of the molecule is Cc1ccc(CC(=O)NNC(=O)c2cc(Br)cn2C)cc1. The third-order valence-corrected chi connectivity index (χ3v) is 3.44. The molecule has 2 amide bonds. The Bertz CT molecular complexity index is 662. The summed E-state index contributed by atoms with van der Waals surface area (Å²) >= 11 is 3.29. The number of aromatic nitrogens is 1. The van der Waals surface area contributed by atoms with Gasteiger partial charge in [-0.1, -0.05) is 29.8 Å². The highest BCUT2D eigenvalue weighted by atomic mass is 79.9. The van der Waals surface area contributed by atoms with E-state index in [-0.39, 0.29) is 18.2 Å². The third-order valence-electron chi connectivity index (χ3n) is 3.00. The van der Waals surface area contributed by atoms with E-state index < -0.39 is 0 Å². The molecule has 0 aliphatic heterocycles. The lowest BCUT2D eigenvalue weighted by molar-refractivity contribution is -0.121. The summed E-state index contributed by atoms with van der Waals surface area (Å²) in [7, 11) is 1.76. The monoisotopic (exact) mass is 349 g/mol. The topological polar surface area (TPSA) is 63.1 Å². The van der Waals surface area contributed by atoms with Crippen LogP contribution in [0.4, 0.5) is 0 Å². The Morgan fingerprint density at radius 1 is 1.19 bits per heavy atom. The van der Waals surface area contributed by atoms with Crippen LogP contribution in [-0.4, -0.2) is 16.4 Å². The minimum absolute atomic E-state index is 0.220. The Kier molecular flexibility index (Phi) is 4.80. The number of aryl methyl sites for hydroxylation is 2. The molecule has 0 fully saturated rings. The van der Waals surface area contributed by atoms with E-state index in [1.165, 1.54) is 0 Å². The molecule has 0 atom stereocenters. The molecule has 21 heavy (non-hydrogen) atoms. The predicted octanol–water partition coefficient (Wildman–Crippen LogP) is 2.10. The second-order valence-electron chi connectivity index (χ2n) is 4.82. The van der Waals surface area contributed by atoms with E-state index in [0.717, 1.165) is 15.6 Å². The number of halogens is 1. The Balaban J connectivity index is 1.88. The van der Waals surface area contributed by atoms with E-state index in [0.29, 0.717) is 5.69 Å². The lowest BCUT2D eigenvalue weighted by Crippen LogP contribution is -2.42. The summed E-state index contributed by atoms with van der Waals surface area (Å²) in [6.07, 6.45) is 1.99. The second-order valence-corrected chi connectivity index (χ2v) is 5.73. The average molecular weight is 350 g/mol. The highest BCUT2D eigenvalue weighted by Gasteiger charge is 2.12. The molecular weight excluding hydrogens is 334 g/mol. The van der Waals surface area contributed by atoms with Crippen LogP contribution in [0.2, 0.25) is 0 Å². The van der Waals surface area contributed by atoms with Crippen molar-refractivity contribution in [2.24, 2.45) is 7.05 Å². The Morgan fingerprint density at radius 3 is 2.43 bits per heavy atom. The van der Waals surface area contributed by atoms with Gasteiger partial charge in [0.2, 0.25) is 5.91 Å². The summed E-state index contributed by atoms with van der Waals surface area (Å²) in [6, 6.07) is 9.36. The number of hydrogen-bond acceptors (Lipinski definition) is 2. The minimum atomic E-state index is -0.361. The first kappa shape index (κ1) is 15.3. The zero-order valence-electron chi connectivity index (χ0n) is 11.8. The van der Waals surface area contributed by atoms with Gasteiger partial charge in [0.15, 0.2) is 0 Å². The molecule has 0 aliphatic rings. The van der Waals surface area contributed by atoms with E-state index in [1.54, 1.807) is 23.9 Å². The van der Waals surface area contributed by atoms with E-state index in [1.807, 2.05) is 31.2 Å². The molecule has 2 rings (SSSR count). The first-order chi connectivity index (χ1) is 9.95. The molecule has 0 aliphatic carbocycles. The fourth-order valence-electron chi connectivity index (χ4n) is 1.88. The van der Waals surface area contributed by atoms with Gasteiger partial charge in [-0.25, -0.2) is 0 Å². The van der Waals surface area contributed by atoms with Gasteiger partial charge in [0.1, 0.15) is 5.69 Å². The summed E-state index contributed by atoms with van der Waals surface area (Å²) in [5, 5.41) is 0. The molecule has 2 aromatic rings. The highest BCUT2D eigenvalue weighted by Crippen LogP contribution is 2.13. The number of nitrogens with one attached hydrogen (secondary N) is 2. The molecule has 6 heteroatoms. The average Bonchev–Trinajstić information content (AvgIpc) is 2.78. The molecule has 110 valence electrons. The smallest absolute Gasteiger partial charge is 0.286 e. The fraction of sp³-hybridized carbons (Fsp3) is 0.200. The van der Waals surface area contributed by atoms with Crippen molar-refractivity contribution in [1.82, 2.24) is 15.4 Å². The number of amides is 2. The number of hydrogen-bond donors (Lipinski definition) is 2. The maximum absolute atomic E-state index is 11.9. The van der Waals surface area contributed by atoms with Crippen LogP contribution in [-0.2, 0) is 18.3 Å². The predicted molar refractivity (Wildman–Crippen MR) is 83.6 cm³/mol. The Morgan fingerprint density at radius 2 is 1.86 bits per heavy atom. The van der Waals surface area contributed by atoms with Crippen molar-refractivity contribution in [3.63, 3.8) is 0 Å². The fourth-order valence-corrected chi connectivity index (χ4v) is 2.40. The van der Waals surface area contributed by atoms with Crippen molar-refractivity contribution in [2.45, 2.75) is 13.3 Å². The van der Waals surface area contributed by atoms with Crippen LogP contribution in [0.1, 0.15) is 21.6 Å². The van der Waals surface area contributed by atoms with Gasteiger partial charge in [-0.05, 0) is 34.5 Å². The molecule has 0 saturated heterocycles. The first-order valence-electron chi connectivity index (χ1n) is 6.42. The van der Waals surface area contributed by atoms with Crippen LogP contribution in [0.5, 0.6) is 0 Å². The summed E-state index contributed by atoms with van der Waals surface area (Å²) < 4.78 is 2.48. The van der Waals surface area contributed by atoms with E-state index >= 15 is 0 Å². The number of carbonyl (C=O) groups is 2. The quantitative estimate of drug-likeness (QED) is 0.833. The van der Waals surface area contributed by atoms with Crippen molar-refractivity contribution in [3.8, 4) is 0 Å². The summed E-state index contributed by atoms with van der Waals surface area (Å²) in [5.74, 6) is -0.624. The molecule has 0 radical (unpaired) electrons. The number of nitrogens with zero attached hydrogens (tertiary/aromatic N) is 1. The zero-order valence-corrected chi connectivity index (χ0v) is 13.4. The number of rotatable bonds is 3. The van der Waals surface area contributed by atoms with E-state index in [4.69, 9.17) is 0 Å². The third kappa shape index (κ3) is 4.19. The Hall–Kier alpha value is -2.08. The lowest BCUT2D eigenvalue weighted by atomic mass is 10.1. The standard InChI is InChI=1S/C15H16BrN3O2/c1-10-3-5-11(6-4-10)7-14(20)17-18-15(21)13-8-12(16)9-19(13)2/h3-6,8-9H,7H2,1-2H3,(H,17,20)(H,18,21). The van der Waals surface area contributed by atoms with Crippen LogP contribution in [0.15, 0.2) is 41.0 Å². The van der Waals surface area contributed by atoms with Crippen molar-refractivity contribution >= 4 is 27.7 Å². The van der Waals surface area contributed by atoms with Gasteiger partial charge in [-0.2, -0.15) is 0 Å². The molecule has 1 aromatic carbocycles. The largest absolute Gasteiger partial charge is 0.345 e. The van der Waals surface area contributed by atoms with E-state index in [2.05, 4.69) is 26.8 Å². The van der Waals surface area contributed by atoms with Gasteiger partial charge in [-0.3, -0.25) is 20.4 Å². The van der Waals surface area contributed by atoms with Crippen molar-refractivity contribution in [1.29, 1.82) is 0 Å². The minimum Gasteiger partial charge on any atom is -0.345 e. The van der Waals surface area contributed by atoms with Gasteiger partial charge >= 0.3 is 0 Å². The molecule has 0 unspecified atom stereocenters. The van der Waals surface area contributed by atoms with Gasteiger partial charge in [-0.15, -0.1) is 0 Å². The number of hydrazine groups is 1. The molecule has 0 saturated carbocycles. The van der Waals surface area contributed by atoms with Crippen molar-refractivity contribution < 1.29 is 9.59 Å². The molecule has 1 heterocycles. The lowest BCUT2D eigenvalue weighted by Gasteiger charge is -2.08. The van der Waals surface area contributed by atoms with Gasteiger partial charge < -0.3 is 4.57 Å². The number of benzene rings is 1. The molecule has 5 nitrogen and oxygen atoms in total. The molecule has 0 bridgehead atoms. The van der Waals surface area contributed by atoms with Crippen LogP contribution in [0.3, 0.4) is 0 Å². The zero-order chi connectivity index (χ0) is 15.4. The molecule has 1 aromatic heterocycles. The Labute approximate surface area is 131 Å². The first-order valence-corrected chi connectivity index (χ1v) is 7.21. The van der Waals surface area contributed by atoms with Crippen molar-refractivity contribution in [2.75, 3.05) is 0 Å². The molecular formula is C15H16BrN3O2. The maximum Gasteiger partial charge on any atom is 0.286 e. The molecule has 2 N–H and O–H groups in total. The van der Waals surface area contributed by atoms with Crippen molar-refractivity contribution in [3.05, 3.63) is 57.8 Å². The van der Waals surface area contributed by atoms with Crippen LogP contribution in [0.25, 0.3) is 0 Å². The van der Waals surface area contributed by atoms with Crippen LogP contribution in [0, 0.1) is 6.92 Å². The van der Waals surface area contributed by atoms with Gasteiger partial charge in [0.25, 0.3) is 5.91 Å². The molecule has 0 spiro atoms. The van der Waals surface area contributed by atoms with Gasteiger partial charge in [0.05, 0.1) is 6.42 Å². The maximum atomic E-state index is 11.9. The van der Waals surface area contributed by atoms with Gasteiger partial charge in [0, 0.05) is 17.7 Å². The van der Waals surface area contributed by atoms with Crippen LogP contribution >= 0.6 is 15.9 Å². The van der Waals surface area contributed by atoms with E-state index in [9.17, 15) is 9.59 Å². The second kappa shape index (κ2) is 6.58. The summed E-state index contributed by atoms with van der Waals surface area (Å²) in [6.45, 7) is 1.99.